The molecule has 0 atom stereocenters. The summed E-state index contributed by atoms with van der Waals surface area (Å²) in [6, 6.07) is 12.7. The number of amides is 1. The summed E-state index contributed by atoms with van der Waals surface area (Å²) >= 11 is 0. The monoisotopic (exact) mass is 284 g/mol. The highest BCUT2D eigenvalue weighted by molar-refractivity contribution is 6.07. The maximum atomic E-state index is 13.9. The van der Waals surface area contributed by atoms with Crippen LogP contribution in [0.25, 0.3) is 0 Å². The summed E-state index contributed by atoms with van der Waals surface area (Å²) in [6.07, 6.45) is 0. The lowest BCUT2D eigenvalue weighted by atomic mass is 10.1. The van der Waals surface area contributed by atoms with E-state index in [2.05, 4.69) is 0 Å². The quantitative estimate of drug-likeness (QED) is 0.870. The van der Waals surface area contributed by atoms with Gasteiger partial charge in [0.15, 0.2) is 0 Å². The Hall–Kier alpha value is -2.87. The fraction of sp³-hybridized carbons (Fsp3) is 0.125. The van der Waals surface area contributed by atoms with Crippen molar-refractivity contribution in [2.24, 2.45) is 0 Å². The molecule has 0 aromatic heterocycles. The molecule has 0 N–H and O–H groups in total. The Morgan fingerprint density at radius 1 is 1.29 bits per heavy atom. The van der Waals surface area contributed by atoms with Crippen LogP contribution in [0.4, 0.5) is 10.1 Å². The summed E-state index contributed by atoms with van der Waals surface area (Å²) in [4.78, 5) is 13.7. The van der Waals surface area contributed by atoms with Gasteiger partial charge in [-0.15, -0.1) is 0 Å². The molecule has 1 amide bonds. The van der Waals surface area contributed by atoms with E-state index in [0.29, 0.717) is 11.3 Å². The Kier molecular flexibility index (Phi) is 4.19. The van der Waals surface area contributed by atoms with Gasteiger partial charge in [0.1, 0.15) is 17.1 Å². The zero-order chi connectivity index (χ0) is 15.4. The predicted molar refractivity (Wildman–Crippen MR) is 76.8 cm³/mol. The second kappa shape index (κ2) is 6.06. The molecular weight excluding hydrogens is 271 g/mol. The molecule has 0 unspecified atom stereocenters. The molecule has 0 aliphatic heterocycles. The Morgan fingerprint density at radius 2 is 2.00 bits per heavy atom. The van der Waals surface area contributed by atoms with E-state index < -0.39 is 11.7 Å². The van der Waals surface area contributed by atoms with Crippen molar-refractivity contribution < 1.29 is 13.9 Å². The number of carbonyl (C=O) groups excluding carboxylic acids is 1. The largest absolute Gasteiger partial charge is 0.496 e. The summed E-state index contributed by atoms with van der Waals surface area (Å²) in [6.45, 7) is 0. The Morgan fingerprint density at radius 3 is 2.67 bits per heavy atom. The zero-order valence-electron chi connectivity index (χ0n) is 11.6. The van der Waals surface area contributed by atoms with E-state index in [1.165, 1.54) is 37.3 Å². The van der Waals surface area contributed by atoms with Crippen LogP contribution >= 0.6 is 0 Å². The molecule has 0 spiro atoms. The third-order valence-corrected chi connectivity index (χ3v) is 3.08. The number of hydrogen-bond donors (Lipinski definition) is 0. The number of nitriles is 1. The van der Waals surface area contributed by atoms with Crippen molar-refractivity contribution in [1.82, 2.24) is 0 Å². The van der Waals surface area contributed by atoms with Crippen molar-refractivity contribution in [3.63, 3.8) is 0 Å². The van der Waals surface area contributed by atoms with Gasteiger partial charge in [-0.1, -0.05) is 12.1 Å². The van der Waals surface area contributed by atoms with Crippen LogP contribution in [0.15, 0.2) is 42.5 Å². The van der Waals surface area contributed by atoms with E-state index >= 15 is 0 Å². The van der Waals surface area contributed by atoms with E-state index in [0.717, 1.165) is 0 Å². The first-order valence-corrected chi connectivity index (χ1v) is 6.19. The molecule has 0 radical (unpaired) electrons. The van der Waals surface area contributed by atoms with Gasteiger partial charge in [-0.25, -0.2) is 4.39 Å². The highest BCUT2D eigenvalue weighted by Gasteiger charge is 2.22. The summed E-state index contributed by atoms with van der Waals surface area (Å²) < 4.78 is 19.0. The van der Waals surface area contributed by atoms with Gasteiger partial charge in [-0.3, -0.25) is 4.79 Å². The van der Waals surface area contributed by atoms with Gasteiger partial charge in [0.2, 0.25) is 0 Å². The molecule has 0 fully saturated rings. The summed E-state index contributed by atoms with van der Waals surface area (Å²) in [5.41, 5.74) is 0.793. The Bertz CT molecular complexity index is 722. The molecular formula is C16H13FN2O2. The van der Waals surface area contributed by atoms with Gasteiger partial charge in [0.05, 0.1) is 18.7 Å². The van der Waals surface area contributed by atoms with Gasteiger partial charge < -0.3 is 9.64 Å². The molecule has 0 aliphatic carbocycles. The number of rotatable bonds is 3. The van der Waals surface area contributed by atoms with Gasteiger partial charge in [-0.05, 0) is 30.3 Å². The number of ether oxygens (including phenoxy) is 1. The third kappa shape index (κ3) is 2.84. The highest BCUT2D eigenvalue weighted by atomic mass is 19.1. The van der Waals surface area contributed by atoms with Gasteiger partial charge in [-0.2, -0.15) is 5.26 Å². The van der Waals surface area contributed by atoms with Crippen molar-refractivity contribution in [1.29, 1.82) is 5.26 Å². The lowest BCUT2D eigenvalue weighted by molar-refractivity contribution is 0.0986. The van der Waals surface area contributed by atoms with Gasteiger partial charge in [0.25, 0.3) is 5.91 Å². The predicted octanol–water partition coefficient (Wildman–Crippen LogP) is 2.98. The molecule has 0 bridgehead atoms. The zero-order valence-corrected chi connectivity index (χ0v) is 11.6. The Balaban J connectivity index is 2.42. The lowest BCUT2D eigenvalue weighted by Gasteiger charge is -2.19. The number of benzene rings is 2. The fourth-order valence-corrected chi connectivity index (χ4v) is 1.95. The normalized spacial score (nSPS) is 9.81. The van der Waals surface area contributed by atoms with Crippen molar-refractivity contribution in [2.75, 3.05) is 19.1 Å². The first-order valence-electron chi connectivity index (χ1n) is 6.19. The molecule has 21 heavy (non-hydrogen) atoms. The molecule has 4 nitrogen and oxygen atoms in total. The van der Waals surface area contributed by atoms with Crippen molar-refractivity contribution in [2.45, 2.75) is 0 Å². The van der Waals surface area contributed by atoms with E-state index in [9.17, 15) is 9.18 Å². The average Bonchev–Trinajstić information content (AvgIpc) is 2.53. The minimum Gasteiger partial charge on any atom is -0.496 e. The molecule has 0 aliphatic rings. The molecule has 2 aromatic carbocycles. The highest BCUT2D eigenvalue weighted by Crippen LogP contribution is 2.25. The minimum atomic E-state index is -0.650. The van der Waals surface area contributed by atoms with Crippen LogP contribution in [0.1, 0.15) is 15.9 Å². The summed E-state index contributed by atoms with van der Waals surface area (Å²) in [5.74, 6) is -1.02. The minimum absolute atomic E-state index is 0.134. The van der Waals surface area contributed by atoms with Crippen LogP contribution in [0, 0.1) is 17.1 Å². The van der Waals surface area contributed by atoms with Crippen LogP contribution < -0.4 is 9.64 Å². The number of hydrogen-bond acceptors (Lipinski definition) is 3. The molecule has 2 rings (SSSR count). The fourth-order valence-electron chi connectivity index (χ4n) is 1.95. The van der Waals surface area contributed by atoms with Crippen LogP contribution in [-0.4, -0.2) is 20.1 Å². The van der Waals surface area contributed by atoms with E-state index in [1.54, 1.807) is 24.3 Å². The summed E-state index contributed by atoms with van der Waals surface area (Å²) in [5, 5.41) is 8.89. The Labute approximate surface area is 122 Å². The second-order valence-electron chi connectivity index (χ2n) is 4.34. The smallest absolute Gasteiger partial charge is 0.264 e. The topological polar surface area (TPSA) is 53.3 Å². The first kappa shape index (κ1) is 14.5. The lowest BCUT2D eigenvalue weighted by Crippen LogP contribution is -2.27. The second-order valence-corrected chi connectivity index (χ2v) is 4.34. The molecule has 2 aromatic rings. The van der Waals surface area contributed by atoms with Crippen LogP contribution in [0.5, 0.6) is 5.75 Å². The van der Waals surface area contributed by atoms with Crippen molar-refractivity contribution >= 4 is 11.6 Å². The average molecular weight is 284 g/mol. The maximum Gasteiger partial charge on any atom is 0.264 e. The van der Waals surface area contributed by atoms with Crippen molar-refractivity contribution in [3.05, 3.63) is 59.4 Å². The number of carbonyl (C=O) groups is 1. The number of nitrogens with zero attached hydrogens (tertiary/aromatic N) is 2. The van der Waals surface area contributed by atoms with Crippen LogP contribution in [-0.2, 0) is 0 Å². The molecule has 5 heteroatoms. The van der Waals surface area contributed by atoms with Crippen LogP contribution in [0.2, 0.25) is 0 Å². The SMILES string of the molecule is COc1cccc(F)c1C(=O)N(C)c1cccc(C#N)c1. The molecule has 106 valence electrons. The maximum absolute atomic E-state index is 13.9. The van der Waals surface area contributed by atoms with Gasteiger partial charge in [0, 0.05) is 12.7 Å². The summed E-state index contributed by atoms with van der Waals surface area (Å²) in [7, 11) is 2.90. The van der Waals surface area contributed by atoms with Crippen molar-refractivity contribution in [3.8, 4) is 11.8 Å². The van der Waals surface area contributed by atoms with E-state index in [1.807, 2.05) is 6.07 Å². The molecule has 0 saturated heterocycles. The van der Waals surface area contributed by atoms with E-state index in [-0.39, 0.29) is 11.3 Å². The third-order valence-electron chi connectivity index (χ3n) is 3.08. The molecule has 0 heterocycles. The standard InChI is InChI=1S/C16H13FN2O2/c1-19(12-6-3-5-11(9-12)10-18)16(20)15-13(17)7-4-8-14(15)21-2/h3-9H,1-2H3. The molecule has 0 saturated carbocycles. The van der Waals surface area contributed by atoms with E-state index in [4.69, 9.17) is 10.00 Å². The van der Waals surface area contributed by atoms with Crippen LogP contribution in [0.3, 0.4) is 0 Å². The number of anilines is 1. The first-order chi connectivity index (χ1) is 10.1. The van der Waals surface area contributed by atoms with Gasteiger partial charge >= 0.3 is 0 Å². The number of halogens is 1. The number of methoxy groups -OCH3 is 1.